The van der Waals surface area contributed by atoms with Gasteiger partial charge in [0.1, 0.15) is 17.5 Å². The Morgan fingerprint density at radius 3 is 2.70 bits per heavy atom. The van der Waals surface area contributed by atoms with Crippen molar-refractivity contribution < 1.29 is 13.2 Å². The van der Waals surface area contributed by atoms with Gasteiger partial charge in [-0.1, -0.05) is 0 Å². The van der Waals surface area contributed by atoms with Crippen molar-refractivity contribution in [1.29, 1.82) is 0 Å². The second kappa shape index (κ2) is 6.98. The van der Waals surface area contributed by atoms with Crippen molar-refractivity contribution in [2.75, 3.05) is 49.6 Å². The molecule has 9 heteroatoms. The highest BCUT2D eigenvalue weighted by Crippen LogP contribution is 2.27. The molecule has 23 heavy (non-hydrogen) atoms. The number of morpholine rings is 1. The van der Waals surface area contributed by atoms with Crippen molar-refractivity contribution in [2.45, 2.75) is 25.0 Å². The first-order valence-corrected chi connectivity index (χ1v) is 9.50. The van der Waals surface area contributed by atoms with Gasteiger partial charge in [0.25, 0.3) is 0 Å². The molecular weight excluding hydrogens is 318 g/mol. The van der Waals surface area contributed by atoms with Crippen molar-refractivity contribution in [1.82, 2.24) is 14.7 Å². The van der Waals surface area contributed by atoms with Crippen molar-refractivity contribution in [3.05, 3.63) is 11.9 Å². The van der Waals surface area contributed by atoms with Crippen molar-refractivity contribution in [3.63, 3.8) is 0 Å². The summed E-state index contributed by atoms with van der Waals surface area (Å²) in [7, 11) is -3.12. The topological polar surface area (TPSA) is 96.5 Å². The number of aromatic nitrogens is 2. The molecule has 1 saturated heterocycles. The molecule has 128 valence electrons. The van der Waals surface area contributed by atoms with E-state index >= 15 is 0 Å². The largest absolute Gasteiger partial charge is 0.378 e. The summed E-state index contributed by atoms with van der Waals surface area (Å²) in [5.41, 5.74) is 0. The highest BCUT2D eigenvalue weighted by atomic mass is 32.2. The predicted molar refractivity (Wildman–Crippen MR) is 88.2 cm³/mol. The Hall–Kier alpha value is -1.45. The lowest BCUT2D eigenvalue weighted by Crippen LogP contribution is -2.37. The van der Waals surface area contributed by atoms with Crippen LogP contribution in [0.3, 0.4) is 0 Å². The van der Waals surface area contributed by atoms with Crippen LogP contribution in [0.25, 0.3) is 0 Å². The molecular formula is C14H23N5O3S. The third kappa shape index (κ3) is 4.52. The van der Waals surface area contributed by atoms with Crippen molar-refractivity contribution >= 4 is 21.7 Å². The highest BCUT2D eigenvalue weighted by molar-refractivity contribution is 7.90. The number of hydrogen-bond donors (Lipinski definition) is 2. The molecule has 0 bridgehead atoms. The quantitative estimate of drug-likeness (QED) is 0.680. The van der Waals surface area contributed by atoms with Crippen LogP contribution in [0.15, 0.2) is 6.07 Å². The molecule has 2 heterocycles. The van der Waals surface area contributed by atoms with Crippen LogP contribution in [-0.2, 0) is 14.8 Å². The number of nitrogens with one attached hydrogen (secondary N) is 2. The van der Waals surface area contributed by atoms with Gasteiger partial charge in [0.15, 0.2) is 0 Å². The van der Waals surface area contributed by atoms with E-state index in [1.54, 1.807) is 0 Å². The molecule has 1 saturated carbocycles. The summed E-state index contributed by atoms with van der Waals surface area (Å²) in [5.74, 6) is 2.28. The molecule has 2 N–H and O–H groups in total. The maximum absolute atomic E-state index is 11.7. The number of ether oxygens (including phenoxy) is 1. The third-order valence-electron chi connectivity index (χ3n) is 3.86. The van der Waals surface area contributed by atoms with E-state index < -0.39 is 10.0 Å². The standard InChI is InChI=1S/C14H23N5O3S/c1-11-17-13(10-14(18-11)19-6-8-22-9-7-19)15-4-5-16-23(20,21)12-2-3-12/h10,12,16H,2-9H2,1H3,(H,15,17,18). The normalized spacial score (nSPS) is 18.9. The average Bonchev–Trinajstić information content (AvgIpc) is 3.37. The minimum atomic E-state index is -3.12. The second-order valence-electron chi connectivity index (χ2n) is 5.82. The lowest BCUT2D eigenvalue weighted by Gasteiger charge is -2.28. The Labute approximate surface area is 136 Å². The fourth-order valence-corrected chi connectivity index (χ4v) is 3.86. The first-order chi connectivity index (χ1) is 11.0. The number of rotatable bonds is 7. The molecule has 3 rings (SSSR count). The molecule has 0 radical (unpaired) electrons. The van der Waals surface area contributed by atoms with E-state index in [-0.39, 0.29) is 5.25 Å². The Morgan fingerprint density at radius 1 is 1.26 bits per heavy atom. The second-order valence-corrected chi connectivity index (χ2v) is 7.87. The molecule has 0 spiro atoms. The van der Waals surface area contributed by atoms with Crippen LogP contribution in [0.5, 0.6) is 0 Å². The maximum atomic E-state index is 11.7. The molecule has 0 amide bonds. The summed E-state index contributed by atoms with van der Waals surface area (Å²) in [5, 5.41) is 2.98. The van der Waals surface area contributed by atoms with E-state index in [1.165, 1.54) is 0 Å². The molecule has 0 atom stereocenters. The molecule has 1 aromatic rings. The Balaban J connectivity index is 1.53. The smallest absolute Gasteiger partial charge is 0.214 e. The minimum absolute atomic E-state index is 0.184. The number of sulfonamides is 1. The summed E-state index contributed by atoms with van der Waals surface area (Å²) in [6.45, 7) is 5.74. The Kier molecular flexibility index (Phi) is 4.98. The minimum Gasteiger partial charge on any atom is -0.378 e. The van der Waals surface area contributed by atoms with Crippen LogP contribution in [0.2, 0.25) is 0 Å². The zero-order valence-electron chi connectivity index (χ0n) is 13.3. The highest BCUT2D eigenvalue weighted by Gasteiger charge is 2.35. The van der Waals surface area contributed by atoms with Crippen LogP contribution < -0.4 is 14.9 Å². The lowest BCUT2D eigenvalue weighted by molar-refractivity contribution is 0.122. The summed E-state index contributed by atoms with van der Waals surface area (Å²) >= 11 is 0. The van der Waals surface area contributed by atoms with E-state index in [0.717, 1.165) is 31.7 Å². The lowest BCUT2D eigenvalue weighted by atomic mass is 10.4. The van der Waals surface area contributed by atoms with Crippen LogP contribution in [0.4, 0.5) is 11.6 Å². The Bertz CT molecular complexity index is 642. The van der Waals surface area contributed by atoms with E-state index in [0.29, 0.717) is 37.9 Å². The first-order valence-electron chi connectivity index (χ1n) is 7.95. The number of aryl methyl sites for hydroxylation is 1. The summed E-state index contributed by atoms with van der Waals surface area (Å²) in [4.78, 5) is 11.0. The van der Waals surface area contributed by atoms with Gasteiger partial charge in [-0.15, -0.1) is 0 Å². The monoisotopic (exact) mass is 341 g/mol. The van der Waals surface area contributed by atoms with Crippen LogP contribution in [0, 0.1) is 6.92 Å². The van der Waals surface area contributed by atoms with E-state index in [1.807, 2.05) is 13.0 Å². The van der Waals surface area contributed by atoms with Crippen molar-refractivity contribution in [3.8, 4) is 0 Å². The SMILES string of the molecule is Cc1nc(NCCNS(=O)(=O)C2CC2)cc(N2CCOCC2)n1. The van der Waals surface area contributed by atoms with Gasteiger partial charge in [0.05, 0.1) is 18.5 Å². The van der Waals surface area contributed by atoms with Crippen LogP contribution in [-0.4, -0.2) is 63.0 Å². The molecule has 8 nitrogen and oxygen atoms in total. The fourth-order valence-electron chi connectivity index (χ4n) is 2.48. The third-order valence-corrected chi connectivity index (χ3v) is 5.81. The summed E-state index contributed by atoms with van der Waals surface area (Å²) in [6, 6.07) is 1.90. The van der Waals surface area contributed by atoms with Gasteiger partial charge < -0.3 is 15.0 Å². The van der Waals surface area contributed by atoms with Gasteiger partial charge in [-0.05, 0) is 19.8 Å². The summed E-state index contributed by atoms with van der Waals surface area (Å²) in [6.07, 6.45) is 1.55. The molecule has 0 aromatic carbocycles. The van der Waals surface area contributed by atoms with Crippen molar-refractivity contribution in [2.24, 2.45) is 0 Å². The van der Waals surface area contributed by atoms with Gasteiger partial charge in [0, 0.05) is 32.2 Å². The van der Waals surface area contributed by atoms with E-state index in [2.05, 4.69) is 24.9 Å². The average molecular weight is 341 g/mol. The zero-order valence-corrected chi connectivity index (χ0v) is 14.1. The van der Waals surface area contributed by atoms with E-state index in [9.17, 15) is 8.42 Å². The Morgan fingerprint density at radius 2 is 2.00 bits per heavy atom. The predicted octanol–water partition coefficient (Wildman–Crippen LogP) is 0.115. The zero-order chi connectivity index (χ0) is 16.3. The first kappa shape index (κ1) is 16.4. The van der Waals surface area contributed by atoms with Gasteiger partial charge in [-0.3, -0.25) is 0 Å². The molecule has 1 aliphatic heterocycles. The van der Waals surface area contributed by atoms with Gasteiger partial charge in [-0.25, -0.2) is 23.1 Å². The fraction of sp³-hybridized carbons (Fsp3) is 0.714. The number of anilines is 2. The van der Waals surface area contributed by atoms with Gasteiger partial charge in [-0.2, -0.15) is 0 Å². The maximum Gasteiger partial charge on any atom is 0.214 e. The van der Waals surface area contributed by atoms with Gasteiger partial charge in [0.2, 0.25) is 10.0 Å². The van der Waals surface area contributed by atoms with Crippen LogP contribution >= 0.6 is 0 Å². The molecule has 0 unspecified atom stereocenters. The number of hydrogen-bond acceptors (Lipinski definition) is 7. The summed E-state index contributed by atoms with van der Waals surface area (Å²) < 4.78 is 31.4. The molecule has 2 fully saturated rings. The van der Waals surface area contributed by atoms with Gasteiger partial charge >= 0.3 is 0 Å². The molecule has 1 aromatic heterocycles. The van der Waals surface area contributed by atoms with E-state index in [4.69, 9.17) is 4.74 Å². The molecule has 2 aliphatic rings. The molecule has 1 aliphatic carbocycles. The number of nitrogens with zero attached hydrogens (tertiary/aromatic N) is 3. The van der Waals surface area contributed by atoms with Crippen LogP contribution in [0.1, 0.15) is 18.7 Å².